The molecule has 0 spiro atoms. The van der Waals surface area contributed by atoms with Crippen LogP contribution in [0.5, 0.6) is 0 Å². The van der Waals surface area contributed by atoms with Gasteiger partial charge in [-0.25, -0.2) is 0 Å². The Balaban J connectivity index is 1.91. The van der Waals surface area contributed by atoms with Gasteiger partial charge in [0, 0.05) is 25.5 Å². The molecule has 0 saturated carbocycles. The van der Waals surface area contributed by atoms with Crippen molar-refractivity contribution in [2.24, 2.45) is 17.8 Å². The average Bonchev–Trinajstić information content (AvgIpc) is 3.10. The van der Waals surface area contributed by atoms with Crippen LogP contribution in [-0.4, -0.2) is 39.3 Å². The SMILES string of the molecule is Cn1nccc1NN1CN=CC=C1C1(C(N)=O)NC=CO1. The van der Waals surface area contributed by atoms with Crippen LogP contribution in [0.25, 0.3) is 0 Å². The first kappa shape index (κ1) is 13.0. The average molecular weight is 289 g/mol. The quantitative estimate of drug-likeness (QED) is 0.672. The molecule has 0 radical (unpaired) electrons. The second-order valence-electron chi connectivity index (χ2n) is 4.52. The van der Waals surface area contributed by atoms with E-state index in [9.17, 15) is 4.79 Å². The van der Waals surface area contributed by atoms with Crippen LogP contribution >= 0.6 is 0 Å². The number of hydrogen-bond donors (Lipinski definition) is 3. The lowest BCUT2D eigenvalue weighted by Crippen LogP contribution is -2.59. The van der Waals surface area contributed by atoms with Crippen LogP contribution < -0.4 is 16.5 Å². The Morgan fingerprint density at radius 1 is 1.62 bits per heavy atom. The van der Waals surface area contributed by atoms with Gasteiger partial charge in [0.2, 0.25) is 0 Å². The summed E-state index contributed by atoms with van der Waals surface area (Å²) in [4.78, 5) is 16.0. The van der Waals surface area contributed by atoms with Gasteiger partial charge in [0.1, 0.15) is 24.4 Å². The number of anilines is 1. The van der Waals surface area contributed by atoms with Crippen molar-refractivity contribution in [1.82, 2.24) is 20.1 Å². The van der Waals surface area contributed by atoms with E-state index < -0.39 is 11.6 Å². The smallest absolute Gasteiger partial charge is 0.302 e. The molecule has 0 bridgehead atoms. The number of amides is 1. The van der Waals surface area contributed by atoms with E-state index in [0.717, 1.165) is 5.82 Å². The first-order valence-electron chi connectivity index (χ1n) is 6.27. The third-order valence-corrected chi connectivity index (χ3v) is 3.23. The van der Waals surface area contributed by atoms with Crippen molar-refractivity contribution in [2.75, 3.05) is 12.1 Å². The zero-order valence-corrected chi connectivity index (χ0v) is 11.4. The molecular formula is C12H15N7O2. The van der Waals surface area contributed by atoms with Gasteiger partial charge in [-0.05, 0) is 6.08 Å². The number of primary amides is 1. The summed E-state index contributed by atoms with van der Waals surface area (Å²) in [5.41, 5.74) is 7.70. The van der Waals surface area contributed by atoms with Gasteiger partial charge >= 0.3 is 5.72 Å². The highest BCUT2D eigenvalue weighted by Crippen LogP contribution is 2.27. The number of carbonyl (C=O) groups excluding carboxylic acids is 1. The van der Waals surface area contributed by atoms with E-state index in [1.54, 1.807) is 41.3 Å². The number of allylic oxidation sites excluding steroid dienone is 1. The highest BCUT2D eigenvalue weighted by atomic mass is 16.5. The predicted molar refractivity (Wildman–Crippen MR) is 75.4 cm³/mol. The third-order valence-electron chi connectivity index (χ3n) is 3.23. The first-order valence-corrected chi connectivity index (χ1v) is 6.27. The molecule has 1 aromatic rings. The van der Waals surface area contributed by atoms with Gasteiger partial charge in [-0.1, -0.05) is 0 Å². The van der Waals surface area contributed by atoms with Gasteiger partial charge in [-0.2, -0.15) is 5.10 Å². The van der Waals surface area contributed by atoms with Crippen molar-refractivity contribution in [3.05, 3.63) is 36.5 Å². The molecule has 21 heavy (non-hydrogen) atoms. The van der Waals surface area contributed by atoms with Gasteiger partial charge < -0.3 is 15.8 Å². The Kier molecular flexibility index (Phi) is 3.01. The Morgan fingerprint density at radius 2 is 2.48 bits per heavy atom. The minimum absolute atomic E-state index is 0.303. The van der Waals surface area contributed by atoms with Crippen LogP contribution in [0, 0.1) is 0 Å². The summed E-state index contributed by atoms with van der Waals surface area (Å²) in [6.07, 6.45) is 7.84. The fraction of sp³-hybridized carbons (Fsp3) is 0.250. The van der Waals surface area contributed by atoms with Crippen LogP contribution in [0.4, 0.5) is 5.82 Å². The van der Waals surface area contributed by atoms with Crippen LogP contribution in [0.15, 0.2) is 41.5 Å². The summed E-state index contributed by atoms with van der Waals surface area (Å²) in [5, 5.41) is 8.60. The number of nitrogens with zero attached hydrogens (tertiary/aromatic N) is 4. The maximum atomic E-state index is 11.9. The second kappa shape index (κ2) is 4.85. The fourth-order valence-electron chi connectivity index (χ4n) is 2.15. The van der Waals surface area contributed by atoms with Gasteiger partial charge in [-0.3, -0.25) is 24.9 Å². The van der Waals surface area contributed by atoms with Crippen LogP contribution in [0.2, 0.25) is 0 Å². The summed E-state index contributed by atoms with van der Waals surface area (Å²) in [6.45, 7) is 0.303. The highest BCUT2D eigenvalue weighted by molar-refractivity contribution is 5.89. The third kappa shape index (κ3) is 2.08. The van der Waals surface area contributed by atoms with E-state index in [-0.39, 0.29) is 0 Å². The van der Waals surface area contributed by atoms with Crippen LogP contribution in [0.1, 0.15) is 0 Å². The van der Waals surface area contributed by atoms with Crippen LogP contribution in [0.3, 0.4) is 0 Å². The molecular weight excluding hydrogens is 274 g/mol. The zero-order valence-electron chi connectivity index (χ0n) is 11.4. The van der Waals surface area contributed by atoms with Crippen molar-refractivity contribution in [3.63, 3.8) is 0 Å². The molecule has 3 heterocycles. The van der Waals surface area contributed by atoms with Crippen molar-refractivity contribution < 1.29 is 9.53 Å². The molecule has 1 atom stereocenters. The normalized spacial score (nSPS) is 23.5. The summed E-state index contributed by atoms with van der Waals surface area (Å²) < 4.78 is 7.08. The summed E-state index contributed by atoms with van der Waals surface area (Å²) in [5.74, 6) is 0.0921. The standard InChI is InChI=1S/C12H15N7O2/c1-18-10(3-5-16-18)17-19-8-14-4-2-9(19)12(11(13)20)15-6-7-21-12/h2-7,15,17H,8H2,1H3,(H2,13,20). The Labute approximate surface area is 120 Å². The van der Waals surface area contributed by atoms with E-state index in [1.807, 2.05) is 0 Å². The van der Waals surface area contributed by atoms with Crippen molar-refractivity contribution >= 4 is 17.9 Å². The number of carbonyl (C=O) groups is 1. The molecule has 0 aromatic carbocycles. The topological polar surface area (TPSA) is 110 Å². The molecule has 3 rings (SSSR count). The molecule has 0 fully saturated rings. The summed E-state index contributed by atoms with van der Waals surface area (Å²) in [7, 11) is 1.80. The number of aryl methyl sites for hydroxylation is 1. The molecule has 0 saturated heterocycles. The minimum Gasteiger partial charge on any atom is -0.459 e. The van der Waals surface area contributed by atoms with E-state index >= 15 is 0 Å². The molecule has 2 aliphatic heterocycles. The lowest BCUT2D eigenvalue weighted by atomic mass is 10.1. The Hall–Kier alpha value is -2.97. The predicted octanol–water partition coefficient (Wildman–Crippen LogP) is -0.753. The molecule has 1 unspecified atom stereocenters. The van der Waals surface area contributed by atoms with Crippen molar-refractivity contribution in [1.29, 1.82) is 0 Å². The Morgan fingerprint density at radius 3 is 3.10 bits per heavy atom. The molecule has 0 aliphatic carbocycles. The summed E-state index contributed by atoms with van der Waals surface area (Å²) >= 11 is 0. The zero-order chi connectivity index (χ0) is 14.9. The second-order valence-corrected chi connectivity index (χ2v) is 4.52. The van der Waals surface area contributed by atoms with Gasteiger partial charge in [0.25, 0.3) is 5.91 Å². The van der Waals surface area contributed by atoms with E-state index in [1.165, 1.54) is 12.5 Å². The van der Waals surface area contributed by atoms with E-state index in [2.05, 4.69) is 20.8 Å². The van der Waals surface area contributed by atoms with Gasteiger partial charge in [-0.15, -0.1) is 0 Å². The number of rotatable bonds is 4. The van der Waals surface area contributed by atoms with Gasteiger partial charge in [0.15, 0.2) is 0 Å². The maximum absolute atomic E-state index is 11.9. The monoisotopic (exact) mass is 289 g/mol. The number of aromatic nitrogens is 2. The Bertz CT molecular complexity index is 638. The lowest BCUT2D eigenvalue weighted by molar-refractivity contribution is -0.135. The van der Waals surface area contributed by atoms with Crippen LogP contribution in [-0.2, 0) is 16.6 Å². The molecule has 4 N–H and O–H groups in total. The number of nitrogens with one attached hydrogen (secondary N) is 2. The van der Waals surface area contributed by atoms with E-state index in [0.29, 0.717) is 12.4 Å². The highest BCUT2D eigenvalue weighted by Gasteiger charge is 2.47. The van der Waals surface area contributed by atoms with Crippen molar-refractivity contribution in [3.8, 4) is 0 Å². The fourth-order valence-corrected chi connectivity index (χ4v) is 2.15. The van der Waals surface area contributed by atoms with Gasteiger partial charge in [0.05, 0.1) is 6.20 Å². The molecule has 1 amide bonds. The number of nitrogens with two attached hydrogens (primary N) is 1. The summed E-state index contributed by atoms with van der Waals surface area (Å²) in [6, 6.07) is 1.80. The van der Waals surface area contributed by atoms with Crippen molar-refractivity contribution in [2.45, 2.75) is 5.72 Å². The number of hydrazine groups is 1. The first-order chi connectivity index (χ1) is 10.1. The molecule has 110 valence electrons. The molecule has 9 heteroatoms. The molecule has 9 nitrogen and oxygen atoms in total. The maximum Gasteiger partial charge on any atom is 0.302 e. The number of hydrogen-bond acceptors (Lipinski definition) is 7. The minimum atomic E-state index is -1.45. The largest absolute Gasteiger partial charge is 0.459 e. The molecule has 2 aliphatic rings. The molecule has 1 aromatic heterocycles. The van der Waals surface area contributed by atoms with E-state index in [4.69, 9.17) is 10.5 Å². The lowest BCUT2D eigenvalue weighted by Gasteiger charge is -2.36. The number of ether oxygens (including phenoxy) is 1. The number of aliphatic imine (C=N–C) groups is 1.